The molecule has 126 valence electrons. The Labute approximate surface area is 147 Å². The van der Waals surface area contributed by atoms with Gasteiger partial charge in [0, 0.05) is 0 Å². The second kappa shape index (κ2) is 5.63. The smallest absolute Gasteiger partial charge is 0.311 e. The van der Waals surface area contributed by atoms with Crippen LogP contribution in [-0.2, 0) is 0 Å². The molecule has 2 aromatic heterocycles. The molecule has 26 heavy (non-hydrogen) atoms. The SMILES string of the molecule is Oc1ccccc1N(c1nc2ccccc2o1)c1nc2ccccc2o1. The molecule has 6 heteroatoms. The highest BCUT2D eigenvalue weighted by atomic mass is 16.4. The summed E-state index contributed by atoms with van der Waals surface area (Å²) in [6.45, 7) is 0. The average Bonchev–Trinajstić information content (AvgIpc) is 3.27. The number of hydrogen-bond donors (Lipinski definition) is 1. The molecule has 0 aliphatic carbocycles. The Kier molecular flexibility index (Phi) is 3.15. The van der Waals surface area contributed by atoms with E-state index in [1.165, 1.54) is 0 Å². The maximum absolute atomic E-state index is 10.4. The van der Waals surface area contributed by atoms with Crippen LogP contribution < -0.4 is 4.90 Å². The summed E-state index contributed by atoms with van der Waals surface area (Å²) in [4.78, 5) is 10.6. The molecule has 0 amide bonds. The van der Waals surface area contributed by atoms with Gasteiger partial charge in [0.2, 0.25) is 0 Å². The number of phenols is 1. The molecule has 0 saturated carbocycles. The van der Waals surface area contributed by atoms with E-state index in [4.69, 9.17) is 8.83 Å². The van der Waals surface area contributed by atoms with Gasteiger partial charge >= 0.3 is 12.0 Å². The van der Waals surface area contributed by atoms with E-state index in [1.54, 1.807) is 23.1 Å². The third kappa shape index (κ3) is 2.28. The number of aromatic nitrogens is 2. The van der Waals surface area contributed by atoms with E-state index >= 15 is 0 Å². The summed E-state index contributed by atoms with van der Waals surface area (Å²) in [6.07, 6.45) is 0. The van der Waals surface area contributed by atoms with Crippen LogP contribution in [0.5, 0.6) is 5.75 Å². The quantitative estimate of drug-likeness (QED) is 0.488. The molecule has 0 aliphatic rings. The number of nitrogens with zero attached hydrogens (tertiary/aromatic N) is 3. The van der Waals surface area contributed by atoms with Gasteiger partial charge in [-0.1, -0.05) is 36.4 Å². The minimum Gasteiger partial charge on any atom is -0.506 e. The number of anilines is 3. The molecule has 5 rings (SSSR count). The number of hydrogen-bond acceptors (Lipinski definition) is 6. The number of aromatic hydroxyl groups is 1. The number of para-hydroxylation sites is 6. The van der Waals surface area contributed by atoms with Crippen LogP contribution in [0.15, 0.2) is 81.6 Å². The molecule has 5 aromatic rings. The highest BCUT2D eigenvalue weighted by Crippen LogP contribution is 2.40. The molecular formula is C20H13N3O3. The monoisotopic (exact) mass is 343 g/mol. The zero-order valence-corrected chi connectivity index (χ0v) is 13.5. The fraction of sp³-hybridized carbons (Fsp3) is 0. The van der Waals surface area contributed by atoms with E-state index in [2.05, 4.69) is 9.97 Å². The summed E-state index contributed by atoms with van der Waals surface area (Å²) in [5.41, 5.74) is 3.15. The van der Waals surface area contributed by atoms with Crippen molar-refractivity contribution in [3.05, 3.63) is 72.8 Å². The fourth-order valence-corrected chi connectivity index (χ4v) is 2.85. The summed E-state index contributed by atoms with van der Waals surface area (Å²) in [7, 11) is 0. The molecule has 0 spiro atoms. The van der Waals surface area contributed by atoms with Crippen LogP contribution in [0, 0.1) is 0 Å². The predicted octanol–water partition coefficient (Wildman–Crippen LogP) is 5.14. The molecule has 0 aliphatic heterocycles. The first-order valence-electron chi connectivity index (χ1n) is 8.09. The Morgan fingerprint density at radius 1 is 0.654 bits per heavy atom. The highest BCUT2D eigenvalue weighted by molar-refractivity contribution is 5.82. The number of oxazole rings is 2. The molecule has 0 bridgehead atoms. The van der Waals surface area contributed by atoms with Crippen LogP contribution in [0.1, 0.15) is 0 Å². The summed E-state index contributed by atoms with van der Waals surface area (Å²) < 4.78 is 11.8. The van der Waals surface area contributed by atoms with Crippen molar-refractivity contribution < 1.29 is 13.9 Å². The van der Waals surface area contributed by atoms with Crippen LogP contribution >= 0.6 is 0 Å². The second-order valence-electron chi connectivity index (χ2n) is 5.75. The largest absolute Gasteiger partial charge is 0.506 e. The molecule has 0 radical (unpaired) electrons. The van der Waals surface area contributed by atoms with Crippen molar-refractivity contribution in [3.63, 3.8) is 0 Å². The maximum Gasteiger partial charge on any atom is 0.311 e. The third-order valence-electron chi connectivity index (χ3n) is 4.07. The Morgan fingerprint density at radius 3 is 1.69 bits per heavy atom. The van der Waals surface area contributed by atoms with Crippen LogP contribution in [0.2, 0.25) is 0 Å². The molecule has 0 fully saturated rings. The molecule has 0 atom stereocenters. The molecule has 6 nitrogen and oxygen atoms in total. The van der Waals surface area contributed by atoms with Gasteiger partial charge in [-0.2, -0.15) is 9.97 Å². The van der Waals surface area contributed by atoms with E-state index in [-0.39, 0.29) is 17.8 Å². The molecule has 3 aromatic carbocycles. The van der Waals surface area contributed by atoms with E-state index in [9.17, 15) is 5.11 Å². The Balaban J connectivity index is 1.76. The standard InChI is InChI=1S/C20H13N3O3/c24-16-10-4-3-9-15(16)23(19-21-13-7-1-5-11-17(13)25-19)20-22-14-8-2-6-12-18(14)26-20/h1-12,24H. The fourth-order valence-electron chi connectivity index (χ4n) is 2.85. The van der Waals surface area contributed by atoms with Gasteiger partial charge < -0.3 is 13.9 Å². The molecule has 1 N–H and O–H groups in total. The van der Waals surface area contributed by atoms with Crippen LogP contribution in [0.25, 0.3) is 22.2 Å². The summed E-state index contributed by atoms with van der Waals surface area (Å²) in [5, 5.41) is 10.4. The highest BCUT2D eigenvalue weighted by Gasteiger charge is 2.25. The van der Waals surface area contributed by atoms with Gasteiger partial charge in [0.15, 0.2) is 11.2 Å². The van der Waals surface area contributed by atoms with Gasteiger partial charge in [0.1, 0.15) is 16.8 Å². The normalized spacial score (nSPS) is 11.2. The zero-order chi connectivity index (χ0) is 17.5. The summed E-state index contributed by atoms with van der Waals surface area (Å²) in [5.74, 6) is 0.0667. The minimum atomic E-state index is 0.0667. The van der Waals surface area contributed by atoms with Gasteiger partial charge in [-0.3, -0.25) is 0 Å². The van der Waals surface area contributed by atoms with Gasteiger partial charge in [0.25, 0.3) is 0 Å². The van der Waals surface area contributed by atoms with Gasteiger partial charge in [-0.05, 0) is 36.4 Å². The van der Waals surface area contributed by atoms with E-state index < -0.39 is 0 Å². The van der Waals surface area contributed by atoms with Gasteiger partial charge in [-0.25, -0.2) is 4.90 Å². The molecule has 2 heterocycles. The van der Waals surface area contributed by atoms with E-state index in [0.717, 1.165) is 0 Å². The number of rotatable bonds is 3. The van der Waals surface area contributed by atoms with Crippen molar-refractivity contribution in [2.75, 3.05) is 4.90 Å². The number of benzene rings is 3. The Hall–Kier alpha value is -3.80. The second-order valence-corrected chi connectivity index (χ2v) is 5.75. The van der Waals surface area contributed by atoms with Crippen molar-refractivity contribution in [3.8, 4) is 5.75 Å². The number of fused-ring (bicyclic) bond motifs is 2. The van der Waals surface area contributed by atoms with Crippen molar-refractivity contribution in [2.45, 2.75) is 0 Å². The first kappa shape index (κ1) is 14.5. The zero-order valence-electron chi connectivity index (χ0n) is 13.5. The van der Waals surface area contributed by atoms with Gasteiger partial charge in [0.05, 0.1) is 5.69 Å². The molecule has 0 unspecified atom stereocenters. The first-order valence-corrected chi connectivity index (χ1v) is 8.09. The molecule has 0 saturated heterocycles. The first-order chi connectivity index (χ1) is 12.8. The van der Waals surface area contributed by atoms with Crippen LogP contribution in [0.4, 0.5) is 17.7 Å². The lowest BCUT2D eigenvalue weighted by molar-refractivity contribution is 0.473. The maximum atomic E-state index is 10.4. The van der Waals surface area contributed by atoms with Crippen molar-refractivity contribution >= 4 is 39.9 Å². The van der Waals surface area contributed by atoms with Crippen molar-refractivity contribution in [1.82, 2.24) is 9.97 Å². The lowest BCUT2D eigenvalue weighted by Crippen LogP contribution is -2.10. The summed E-state index contributed by atoms with van der Waals surface area (Å²) in [6, 6.07) is 22.3. The van der Waals surface area contributed by atoms with E-state index in [1.807, 2.05) is 54.6 Å². The Morgan fingerprint density at radius 2 is 1.15 bits per heavy atom. The predicted molar refractivity (Wildman–Crippen MR) is 97.9 cm³/mol. The third-order valence-corrected chi connectivity index (χ3v) is 4.07. The summed E-state index contributed by atoms with van der Waals surface area (Å²) >= 11 is 0. The van der Waals surface area contributed by atoms with Crippen LogP contribution in [-0.4, -0.2) is 15.1 Å². The topological polar surface area (TPSA) is 75.5 Å². The van der Waals surface area contributed by atoms with Crippen molar-refractivity contribution in [1.29, 1.82) is 0 Å². The van der Waals surface area contributed by atoms with E-state index in [0.29, 0.717) is 27.9 Å². The Bertz CT molecular complexity index is 1090. The average molecular weight is 343 g/mol. The van der Waals surface area contributed by atoms with Crippen LogP contribution in [0.3, 0.4) is 0 Å². The van der Waals surface area contributed by atoms with Crippen molar-refractivity contribution in [2.24, 2.45) is 0 Å². The molecular weight excluding hydrogens is 330 g/mol. The minimum absolute atomic E-state index is 0.0667. The lowest BCUT2D eigenvalue weighted by atomic mass is 10.3. The lowest BCUT2D eigenvalue weighted by Gasteiger charge is -2.17. The van der Waals surface area contributed by atoms with Gasteiger partial charge in [-0.15, -0.1) is 0 Å². The number of phenolic OH excluding ortho intramolecular Hbond substituents is 1.